The molecule has 0 spiro atoms. The van der Waals surface area contributed by atoms with Gasteiger partial charge in [0.1, 0.15) is 5.82 Å². The first-order valence-electron chi connectivity index (χ1n) is 5.67. The van der Waals surface area contributed by atoms with E-state index in [4.69, 9.17) is 5.73 Å². The predicted molar refractivity (Wildman–Crippen MR) is 71.6 cm³/mol. The zero-order valence-electron chi connectivity index (χ0n) is 10.7. The molecule has 0 unspecified atom stereocenters. The van der Waals surface area contributed by atoms with Crippen molar-refractivity contribution < 1.29 is 4.79 Å². The summed E-state index contributed by atoms with van der Waals surface area (Å²) in [6.45, 7) is 5.68. The number of nitrogens with zero attached hydrogens (tertiary/aromatic N) is 1. The molecule has 2 aromatic rings. The van der Waals surface area contributed by atoms with E-state index < -0.39 is 0 Å². The first-order chi connectivity index (χ1) is 8.49. The van der Waals surface area contributed by atoms with E-state index in [0.29, 0.717) is 17.1 Å². The second-order valence-corrected chi connectivity index (χ2v) is 4.41. The van der Waals surface area contributed by atoms with Gasteiger partial charge in [0, 0.05) is 16.8 Å². The molecule has 4 N–H and O–H groups in total. The Morgan fingerprint density at radius 3 is 2.56 bits per heavy atom. The Hall–Kier alpha value is -2.30. The summed E-state index contributed by atoms with van der Waals surface area (Å²) in [4.78, 5) is 12.1. The Morgan fingerprint density at radius 1 is 1.22 bits per heavy atom. The number of anilines is 2. The minimum absolute atomic E-state index is 0.188. The van der Waals surface area contributed by atoms with Crippen molar-refractivity contribution in [3.8, 4) is 0 Å². The maximum Gasteiger partial charge on any atom is 0.257 e. The van der Waals surface area contributed by atoms with Crippen LogP contribution in [-0.2, 0) is 0 Å². The molecule has 0 atom stereocenters. The Labute approximate surface area is 105 Å². The van der Waals surface area contributed by atoms with E-state index in [1.165, 1.54) is 0 Å². The van der Waals surface area contributed by atoms with Gasteiger partial charge in [0.15, 0.2) is 0 Å². The van der Waals surface area contributed by atoms with Crippen molar-refractivity contribution in [1.29, 1.82) is 0 Å². The van der Waals surface area contributed by atoms with Gasteiger partial charge in [0.05, 0.1) is 6.20 Å². The molecule has 2 rings (SSSR count). The number of benzene rings is 1. The summed E-state index contributed by atoms with van der Waals surface area (Å²) in [5, 5.41) is 9.38. The SMILES string of the molecule is Cc1cc(C)c(C(=O)Nc2[nH]ncc2C)cc1N. The number of aromatic amines is 1. The van der Waals surface area contributed by atoms with Gasteiger partial charge in [0.2, 0.25) is 0 Å². The van der Waals surface area contributed by atoms with Gasteiger partial charge in [-0.2, -0.15) is 5.10 Å². The summed E-state index contributed by atoms with van der Waals surface area (Å²) >= 11 is 0. The minimum Gasteiger partial charge on any atom is -0.398 e. The van der Waals surface area contributed by atoms with Gasteiger partial charge in [-0.1, -0.05) is 6.07 Å². The fourth-order valence-corrected chi connectivity index (χ4v) is 1.77. The highest BCUT2D eigenvalue weighted by atomic mass is 16.1. The molecule has 0 saturated heterocycles. The molecule has 5 nitrogen and oxygen atoms in total. The van der Waals surface area contributed by atoms with Crippen molar-refractivity contribution in [2.75, 3.05) is 11.1 Å². The van der Waals surface area contributed by atoms with Crippen LogP contribution in [0.2, 0.25) is 0 Å². The van der Waals surface area contributed by atoms with Gasteiger partial charge in [-0.15, -0.1) is 0 Å². The number of carbonyl (C=O) groups is 1. The lowest BCUT2D eigenvalue weighted by molar-refractivity contribution is 0.102. The first-order valence-corrected chi connectivity index (χ1v) is 5.67. The van der Waals surface area contributed by atoms with Gasteiger partial charge in [0.25, 0.3) is 5.91 Å². The molecule has 0 saturated carbocycles. The number of nitrogens with one attached hydrogen (secondary N) is 2. The third kappa shape index (κ3) is 2.20. The summed E-state index contributed by atoms with van der Waals surface area (Å²) in [7, 11) is 0. The average Bonchev–Trinajstić information content (AvgIpc) is 2.69. The van der Waals surface area contributed by atoms with Crippen molar-refractivity contribution in [2.45, 2.75) is 20.8 Å². The third-order valence-electron chi connectivity index (χ3n) is 2.93. The Kier molecular flexibility index (Phi) is 3.06. The lowest BCUT2D eigenvalue weighted by Crippen LogP contribution is -2.15. The Bertz CT molecular complexity index is 601. The largest absolute Gasteiger partial charge is 0.398 e. The molecule has 0 aliphatic heterocycles. The Morgan fingerprint density at radius 2 is 1.94 bits per heavy atom. The summed E-state index contributed by atoms with van der Waals surface area (Å²) < 4.78 is 0. The second-order valence-electron chi connectivity index (χ2n) is 4.41. The number of aromatic nitrogens is 2. The number of nitrogen functional groups attached to an aromatic ring is 1. The quantitative estimate of drug-likeness (QED) is 0.708. The molecule has 1 amide bonds. The lowest BCUT2D eigenvalue weighted by atomic mass is 10.0. The molecular weight excluding hydrogens is 228 g/mol. The molecular formula is C13H16N4O. The second kappa shape index (κ2) is 4.52. The van der Waals surface area contributed by atoms with E-state index in [2.05, 4.69) is 15.5 Å². The van der Waals surface area contributed by atoms with Crippen LogP contribution in [0, 0.1) is 20.8 Å². The van der Waals surface area contributed by atoms with Crippen LogP contribution in [0.25, 0.3) is 0 Å². The number of nitrogens with two attached hydrogens (primary N) is 1. The fraction of sp³-hybridized carbons (Fsp3) is 0.231. The summed E-state index contributed by atoms with van der Waals surface area (Å²) in [6.07, 6.45) is 1.66. The topological polar surface area (TPSA) is 83.8 Å². The monoisotopic (exact) mass is 244 g/mol. The first kappa shape index (κ1) is 12.2. The maximum absolute atomic E-state index is 12.1. The standard InChI is InChI=1S/C13H16N4O/c1-7-4-8(2)11(14)5-10(7)13(18)16-12-9(3)6-15-17-12/h4-6H,14H2,1-3H3,(H2,15,16,17,18). The van der Waals surface area contributed by atoms with Crippen molar-refractivity contribution in [1.82, 2.24) is 10.2 Å². The van der Waals surface area contributed by atoms with Crippen LogP contribution in [0.3, 0.4) is 0 Å². The molecule has 0 bridgehead atoms. The van der Waals surface area contributed by atoms with Gasteiger partial charge >= 0.3 is 0 Å². The molecule has 1 aromatic carbocycles. The number of hydrogen-bond donors (Lipinski definition) is 3. The number of rotatable bonds is 2. The number of H-pyrrole nitrogens is 1. The van der Waals surface area contributed by atoms with Crippen LogP contribution in [0.15, 0.2) is 18.3 Å². The highest BCUT2D eigenvalue weighted by Crippen LogP contribution is 2.19. The molecule has 5 heteroatoms. The zero-order chi connectivity index (χ0) is 13.3. The van der Waals surface area contributed by atoms with Crippen molar-refractivity contribution >= 4 is 17.4 Å². The van der Waals surface area contributed by atoms with Gasteiger partial charge in [-0.25, -0.2) is 0 Å². The molecule has 0 aliphatic rings. The summed E-state index contributed by atoms with van der Waals surface area (Å²) in [6, 6.07) is 3.61. The molecule has 0 fully saturated rings. The number of aryl methyl sites for hydroxylation is 3. The van der Waals surface area contributed by atoms with Crippen LogP contribution in [0.1, 0.15) is 27.0 Å². The summed E-state index contributed by atoms with van der Waals surface area (Å²) in [5.41, 5.74) is 9.79. The van der Waals surface area contributed by atoms with Crippen molar-refractivity contribution in [3.63, 3.8) is 0 Å². The Balaban J connectivity index is 2.30. The summed E-state index contributed by atoms with van der Waals surface area (Å²) in [5.74, 6) is 0.421. The minimum atomic E-state index is -0.188. The number of amides is 1. The normalized spacial score (nSPS) is 10.4. The van der Waals surface area contributed by atoms with Gasteiger partial charge < -0.3 is 11.1 Å². The van der Waals surface area contributed by atoms with Crippen molar-refractivity contribution in [3.05, 3.63) is 40.6 Å². The van der Waals surface area contributed by atoms with Gasteiger partial charge in [-0.3, -0.25) is 9.89 Å². The van der Waals surface area contributed by atoms with Crippen LogP contribution in [-0.4, -0.2) is 16.1 Å². The molecule has 0 radical (unpaired) electrons. The molecule has 1 aromatic heterocycles. The van der Waals surface area contributed by atoms with Crippen LogP contribution in [0.4, 0.5) is 11.5 Å². The van der Waals surface area contributed by atoms with E-state index >= 15 is 0 Å². The highest BCUT2D eigenvalue weighted by Gasteiger charge is 2.12. The highest BCUT2D eigenvalue weighted by molar-refractivity contribution is 6.05. The molecule has 0 aliphatic carbocycles. The average molecular weight is 244 g/mol. The van der Waals surface area contributed by atoms with E-state index in [1.807, 2.05) is 26.8 Å². The van der Waals surface area contributed by atoms with Gasteiger partial charge in [-0.05, 0) is 38.0 Å². The zero-order valence-corrected chi connectivity index (χ0v) is 10.7. The smallest absolute Gasteiger partial charge is 0.257 e. The molecule has 18 heavy (non-hydrogen) atoms. The number of hydrogen-bond acceptors (Lipinski definition) is 3. The van der Waals surface area contributed by atoms with Crippen molar-refractivity contribution in [2.24, 2.45) is 0 Å². The number of carbonyl (C=O) groups excluding carboxylic acids is 1. The van der Waals surface area contributed by atoms with E-state index in [-0.39, 0.29) is 5.91 Å². The fourth-order valence-electron chi connectivity index (χ4n) is 1.77. The van der Waals surface area contributed by atoms with Crippen LogP contribution in [0.5, 0.6) is 0 Å². The van der Waals surface area contributed by atoms with E-state index in [1.54, 1.807) is 12.3 Å². The van der Waals surface area contributed by atoms with E-state index in [9.17, 15) is 4.79 Å². The van der Waals surface area contributed by atoms with Crippen LogP contribution >= 0.6 is 0 Å². The van der Waals surface area contributed by atoms with Crippen LogP contribution < -0.4 is 11.1 Å². The van der Waals surface area contributed by atoms with E-state index in [0.717, 1.165) is 16.7 Å². The molecule has 1 heterocycles. The maximum atomic E-state index is 12.1. The third-order valence-corrected chi connectivity index (χ3v) is 2.93. The molecule has 94 valence electrons. The lowest BCUT2D eigenvalue weighted by Gasteiger charge is -2.09. The predicted octanol–water partition coefficient (Wildman–Crippen LogP) is 2.17.